The molecular formula is C11H13FO. The number of rotatable bonds is 3. The topological polar surface area (TPSA) is 17.1 Å². The molecule has 0 spiro atoms. The molecule has 0 saturated heterocycles. The lowest BCUT2D eigenvalue weighted by atomic mass is 10.0. The molecule has 0 heterocycles. The van der Waals surface area contributed by atoms with Gasteiger partial charge in [-0.1, -0.05) is 13.0 Å². The summed E-state index contributed by atoms with van der Waals surface area (Å²) in [4.78, 5) is 10.8. The van der Waals surface area contributed by atoms with Gasteiger partial charge in [-0.2, -0.15) is 0 Å². The second-order valence-corrected chi connectivity index (χ2v) is 3.20. The quantitative estimate of drug-likeness (QED) is 0.698. The summed E-state index contributed by atoms with van der Waals surface area (Å²) in [5, 5.41) is 0. The first kappa shape index (κ1) is 9.90. The average Bonchev–Trinajstić information content (AvgIpc) is 2.01. The maximum absolute atomic E-state index is 13.0. The maximum atomic E-state index is 13.0. The molecule has 0 aliphatic rings. The third kappa shape index (κ3) is 2.98. The number of carbonyl (C=O) groups excluding carboxylic acids is 1. The number of halogens is 1. The number of aryl methyl sites for hydroxylation is 1. The smallest absolute Gasteiger partial charge is 0.134 e. The molecule has 0 bridgehead atoms. The van der Waals surface area contributed by atoms with E-state index in [1.165, 1.54) is 19.1 Å². The number of hydrogen-bond donors (Lipinski definition) is 0. The summed E-state index contributed by atoms with van der Waals surface area (Å²) < 4.78 is 13.0. The molecule has 1 aromatic carbocycles. The van der Waals surface area contributed by atoms with Gasteiger partial charge in [-0.05, 0) is 36.6 Å². The van der Waals surface area contributed by atoms with Crippen LogP contribution in [-0.4, -0.2) is 5.78 Å². The van der Waals surface area contributed by atoms with Crippen molar-refractivity contribution in [3.63, 3.8) is 0 Å². The molecule has 0 atom stereocenters. The Kier molecular flexibility index (Phi) is 3.18. The minimum atomic E-state index is -0.254. The molecule has 13 heavy (non-hydrogen) atoms. The van der Waals surface area contributed by atoms with Crippen molar-refractivity contribution in [2.24, 2.45) is 0 Å². The Morgan fingerprint density at radius 3 is 2.46 bits per heavy atom. The molecule has 0 radical (unpaired) electrons. The summed E-state index contributed by atoms with van der Waals surface area (Å²) >= 11 is 0. The molecule has 1 aromatic rings. The minimum absolute atomic E-state index is 0.0626. The van der Waals surface area contributed by atoms with E-state index in [4.69, 9.17) is 0 Å². The summed E-state index contributed by atoms with van der Waals surface area (Å²) in [7, 11) is 0. The van der Waals surface area contributed by atoms with Crippen LogP contribution < -0.4 is 0 Å². The highest BCUT2D eigenvalue weighted by molar-refractivity contribution is 5.78. The zero-order valence-corrected chi connectivity index (χ0v) is 7.93. The van der Waals surface area contributed by atoms with Gasteiger partial charge in [-0.3, -0.25) is 4.79 Å². The molecule has 0 aromatic heterocycles. The van der Waals surface area contributed by atoms with Crippen LogP contribution in [-0.2, 0) is 17.6 Å². The second-order valence-electron chi connectivity index (χ2n) is 3.20. The van der Waals surface area contributed by atoms with Gasteiger partial charge in [0.25, 0.3) is 0 Å². The molecule has 70 valence electrons. The van der Waals surface area contributed by atoms with E-state index in [1.807, 2.05) is 13.0 Å². The van der Waals surface area contributed by atoms with Crippen molar-refractivity contribution in [3.05, 3.63) is 35.1 Å². The lowest BCUT2D eigenvalue weighted by molar-refractivity contribution is -0.116. The molecular weight excluding hydrogens is 167 g/mol. The Morgan fingerprint density at radius 1 is 1.31 bits per heavy atom. The fourth-order valence-electron chi connectivity index (χ4n) is 1.31. The Balaban J connectivity index is 2.94. The fraction of sp³-hybridized carbons (Fsp3) is 0.364. The lowest BCUT2D eigenvalue weighted by Gasteiger charge is -2.02. The van der Waals surface area contributed by atoms with Crippen LogP contribution >= 0.6 is 0 Å². The van der Waals surface area contributed by atoms with Gasteiger partial charge in [0, 0.05) is 6.42 Å². The monoisotopic (exact) mass is 180 g/mol. The van der Waals surface area contributed by atoms with E-state index >= 15 is 0 Å². The number of benzene rings is 1. The zero-order valence-electron chi connectivity index (χ0n) is 7.93. The van der Waals surface area contributed by atoms with Gasteiger partial charge in [0.1, 0.15) is 11.6 Å². The normalized spacial score (nSPS) is 10.1. The van der Waals surface area contributed by atoms with Gasteiger partial charge in [0.2, 0.25) is 0 Å². The highest BCUT2D eigenvalue weighted by Crippen LogP contribution is 2.10. The van der Waals surface area contributed by atoms with E-state index in [0.29, 0.717) is 6.42 Å². The van der Waals surface area contributed by atoms with Gasteiger partial charge < -0.3 is 0 Å². The highest BCUT2D eigenvalue weighted by Gasteiger charge is 2.01. The van der Waals surface area contributed by atoms with Gasteiger partial charge in [-0.25, -0.2) is 4.39 Å². The van der Waals surface area contributed by atoms with E-state index < -0.39 is 0 Å². The van der Waals surface area contributed by atoms with Crippen LogP contribution in [0.25, 0.3) is 0 Å². The van der Waals surface area contributed by atoms with Crippen LogP contribution in [0.2, 0.25) is 0 Å². The Bertz CT molecular complexity index is 318. The van der Waals surface area contributed by atoms with E-state index in [-0.39, 0.29) is 11.6 Å². The fourth-order valence-corrected chi connectivity index (χ4v) is 1.31. The molecule has 0 fully saturated rings. The van der Waals surface area contributed by atoms with Crippen LogP contribution in [0.15, 0.2) is 18.2 Å². The Labute approximate surface area is 77.6 Å². The van der Waals surface area contributed by atoms with Crippen LogP contribution in [0, 0.1) is 5.82 Å². The van der Waals surface area contributed by atoms with E-state index in [2.05, 4.69) is 0 Å². The molecule has 2 heteroatoms. The molecule has 1 rings (SSSR count). The van der Waals surface area contributed by atoms with Crippen molar-refractivity contribution in [1.82, 2.24) is 0 Å². The van der Waals surface area contributed by atoms with Gasteiger partial charge >= 0.3 is 0 Å². The number of ketones is 1. The van der Waals surface area contributed by atoms with Gasteiger partial charge in [0.15, 0.2) is 0 Å². The van der Waals surface area contributed by atoms with Crippen molar-refractivity contribution < 1.29 is 9.18 Å². The van der Waals surface area contributed by atoms with Gasteiger partial charge in [-0.15, -0.1) is 0 Å². The van der Waals surface area contributed by atoms with Crippen molar-refractivity contribution in [3.8, 4) is 0 Å². The minimum Gasteiger partial charge on any atom is -0.300 e. The zero-order chi connectivity index (χ0) is 9.84. The Hall–Kier alpha value is -1.18. The Morgan fingerprint density at radius 2 is 1.92 bits per heavy atom. The molecule has 0 aliphatic heterocycles. The summed E-state index contributed by atoms with van der Waals surface area (Å²) in [6, 6.07) is 4.80. The first-order valence-corrected chi connectivity index (χ1v) is 4.39. The molecule has 0 saturated carbocycles. The first-order valence-electron chi connectivity index (χ1n) is 4.39. The molecule has 0 aliphatic carbocycles. The third-order valence-corrected chi connectivity index (χ3v) is 1.88. The van der Waals surface area contributed by atoms with Crippen LogP contribution in [0.1, 0.15) is 25.0 Å². The van der Waals surface area contributed by atoms with E-state index in [1.54, 1.807) is 0 Å². The standard InChI is InChI=1S/C11H13FO/c1-3-9-5-10(4-8(2)13)7-11(12)6-9/h5-7H,3-4H2,1-2H3. The lowest BCUT2D eigenvalue weighted by Crippen LogP contribution is -1.98. The summed E-state index contributed by atoms with van der Waals surface area (Å²) in [6.07, 6.45) is 1.12. The maximum Gasteiger partial charge on any atom is 0.134 e. The number of hydrogen-bond acceptors (Lipinski definition) is 1. The predicted molar refractivity (Wildman–Crippen MR) is 50.2 cm³/mol. The largest absolute Gasteiger partial charge is 0.300 e. The van der Waals surface area contributed by atoms with Gasteiger partial charge in [0.05, 0.1) is 0 Å². The van der Waals surface area contributed by atoms with Crippen LogP contribution in [0.4, 0.5) is 4.39 Å². The van der Waals surface area contributed by atoms with Crippen molar-refractivity contribution in [1.29, 1.82) is 0 Å². The van der Waals surface area contributed by atoms with E-state index in [0.717, 1.165) is 17.5 Å². The summed E-state index contributed by atoms with van der Waals surface area (Å²) in [6.45, 7) is 3.48. The summed E-state index contributed by atoms with van der Waals surface area (Å²) in [5.41, 5.74) is 1.71. The van der Waals surface area contributed by atoms with Crippen molar-refractivity contribution >= 4 is 5.78 Å². The average molecular weight is 180 g/mol. The first-order chi connectivity index (χ1) is 6.11. The molecule has 0 N–H and O–H groups in total. The highest BCUT2D eigenvalue weighted by atomic mass is 19.1. The van der Waals surface area contributed by atoms with Crippen molar-refractivity contribution in [2.75, 3.05) is 0 Å². The SMILES string of the molecule is CCc1cc(F)cc(CC(C)=O)c1. The van der Waals surface area contributed by atoms with Crippen LogP contribution in [0.5, 0.6) is 0 Å². The molecule has 0 amide bonds. The third-order valence-electron chi connectivity index (χ3n) is 1.88. The van der Waals surface area contributed by atoms with Crippen LogP contribution in [0.3, 0.4) is 0 Å². The second kappa shape index (κ2) is 4.17. The molecule has 1 nitrogen and oxygen atoms in total. The predicted octanol–water partition coefficient (Wildman–Crippen LogP) is 2.52. The van der Waals surface area contributed by atoms with E-state index in [9.17, 15) is 9.18 Å². The number of carbonyl (C=O) groups is 1. The van der Waals surface area contributed by atoms with Crippen molar-refractivity contribution in [2.45, 2.75) is 26.7 Å². The number of Topliss-reactive ketones (excluding diaryl/α,β-unsaturated/α-hetero) is 1. The molecule has 0 unspecified atom stereocenters. The summed E-state index contributed by atoms with van der Waals surface area (Å²) in [5.74, 6) is -0.191.